The number of rotatable bonds is 0. The third-order valence-electron chi connectivity index (χ3n) is 2.18. The zero-order chi connectivity index (χ0) is 16.6. The highest BCUT2D eigenvalue weighted by Crippen LogP contribution is 2.31. The molecule has 2 rings (SSSR count). The summed E-state index contributed by atoms with van der Waals surface area (Å²) in [5.74, 6) is -0.550. The van der Waals surface area contributed by atoms with Crippen LogP contribution in [0.3, 0.4) is 0 Å². The van der Waals surface area contributed by atoms with Gasteiger partial charge in [-0.2, -0.15) is 47.4 Å². The first-order chi connectivity index (χ1) is 9.23. The van der Waals surface area contributed by atoms with Crippen molar-refractivity contribution < 1.29 is 39.3 Å². The molecule has 21 heavy (non-hydrogen) atoms. The summed E-state index contributed by atoms with van der Waals surface area (Å²) in [6.07, 6.45) is -3.96. The minimum Gasteiger partial charge on any atom is -0.306 e. The molecule has 122 valence electrons. The van der Waals surface area contributed by atoms with Gasteiger partial charge in [0.1, 0.15) is 5.82 Å². The molecule has 0 saturated carbocycles. The zero-order valence-electron chi connectivity index (χ0n) is 9.72. The molecule has 1 N–H and O–H groups in total. The van der Waals surface area contributed by atoms with Crippen LogP contribution >= 0.6 is 12.6 Å². The Morgan fingerprint density at radius 1 is 1.19 bits per heavy atom. The van der Waals surface area contributed by atoms with Crippen molar-refractivity contribution in [1.82, 2.24) is 14.8 Å². The standard InChI is InChI=1S/C6H6F3N3S.CHF3O3S/c7-6(8,9)5-11-10-4-1-3(13)2-12(4)5;2-1(3,4)8(5,6)7/h3,13H,1-2H2;(H,5,6,7). The Kier molecular flexibility index (Phi) is 4.84. The molecule has 6 nitrogen and oxygen atoms in total. The second kappa shape index (κ2) is 5.64. The highest BCUT2D eigenvalue weighted by Gasteiger charge is 2.44. The minimum absolute atomic E-state index is 0.0772. The van der Waals surface area contributed by atoms with E-state index in [2.05, 4.69) is 22.8 Å². The number of thiol groups is 1. The van der Waals surface area contributed by atoms with Gasteiger partial charge < -0.3 is 4.57 Å². The first-order valence-electron chi connectivity index (χ1n) is 4.94. The summed E-state index contributed by atoms with van der Waals surface area (Å²) >= 11 is 4.09. The Hall–Kier alpha value is -1.02. The predicted octanol–water partition coefficient (Wildman–Crippen LogP) is 1.55. The number of alkyl halides is 6. The Bertz CT molecular complexity index is 608. The van der Waals surface area contributed by atoms with Crippen LogP contribution < -0.4 is 0 Å². The molecule has 0 aromatic carbocycles. The van der Waals surface area contributed by atoms with E-state index in [9.17, 15) is 26.3 Å². The molecular weight excluding hydrogens is 352 g/mol. The van der Waals surface area contributed by atoms with Crippen LogP contribution in [0.25, 0.3) is 0 Å². The summed E-state index contributed by atoms with van der Waals surface area (Å²) in [4.78, 5) is 0. The molecule has 1 aromatic heterocycles. The maximum Gasteiger partial charge on any atom is 0.522 e. The highest BCUT2D eigenvalue weighted by atomic mass is 32.2. The molecule has 1 aliphatic heterocycles. The van der Waals surface area contributed by atoms with Crippen molar-refractivity contribution in [2.24, 2.45) is 0 Å². The van der Waals surface area contributed by atoms with Gasteiger partial charge in [-0.3, -0.25) is 4.55 Å². The van der Waals surface area contributed by atoms with E-state index >= 15 is 0 Å². The summed E-state index contributed by atoms with van der Waals surface area (Å²) in [6, 6.07) is 0. The Labute approximate surface area is 119 Å². The van der Waals surface area contributed by atoms with Gasteiger partial charge in [0, 0.05) is 18.2 Å². The average Bonchev–Trinajstić information content (AvgIpc) is 2.71. The molecule has 0 saturated heterocycles. The van der Waals surface area contributed by atoms with Crippen LogP contribution in [-0.2, 0) is 29.3 Å². The molecule has 1 unspecified atom stereocenters. The largest absolute Gasteiger partial charge is 0.522 e. The van der Waals surface area contributed by atoms with E-state index < -0.39 is 27.6 Å². The summed E-state index contributed by atoms with van der Waals surface area (Å²) in [6.45, 7) is 0.236. The van der Waals surface area contributed by atoms with Crippen LogP contribution in [0, 0.1) is 0 Å². The van der Waals surface area contributed by atoms with Gasteiger partial charge in [-0.05, 0) is 0 Å². The smallest absolute Gasteiger partial charge is 0.306 e. The fourth-order valence-corrected chi connectivity index (χ4v) is 1.70. The van der Waals surface area contributed by atoms with Gasteiger partial charge >= 0.3 is 21.8 Å². The van der Waals surface area contributed by atoms with Crippen LogP contribution in [0.1, 0.15) is 11.6 Å². The molecule has 0 bridgehead atoms. The van der Waals surface area contributed by atoms with Gasteiger partial charge in [-0.15, -0.1) is 10.2 Å². The van der Waals surface area contributed by atoms with Crippen molar-refractivity contribution in [2.75, 3.05) is 0 Å². The Balaban J connectivity index is 0.000000240. The van der Waals surface area contributed by atoms with Gasteiger partial charge in [0.15, 0.2) is 0 Å². The molecule has 0 radical (unpaired) electrons. The normalized spacial score (nSPS) is 19.0. The number of hydrogen-bond donors (Lipinski definition) is 2. The lowest BCUT2D eigenvalue weighted by Crippen LogP contribution is -2.21. The van der Waals surface area contributed by atoms with Crippen molar-refractivity contribution in [3.63, 3.8) is 0 Å². The van der Waals surface area contributed by atoms with E-state index in [0.29, 0.717) is 12.2 Å². The summed E-state index contributed by atoms with van der Waals surface area (Å²) in [5, 5.41) is 6.48. The van der Waals surface area contributed by atoms with Crippen LogP contribution in [0.4, 0.5) is 26.3 Å². The molecule has 0 spiro atoms. The van der Waals surface area contributed by atoms with Crippen molar-refractivity contribution >= 4 is 22.7 Å². The van der Waals surface area contributed by atoms with E-state index in [1.807, 2.05) is 0 Å². The van der Waals surface area contributed by atoms with Crippen LogP contribution in [0.2, 0.25) is 0 Å². The minimum atomic E-state index is -5.84. The summed E-state index contributed by atoms with van der Waals surface area (Å²) < 4.78 is 95.4. The molecule has 1 aliphatic rings. The first-order valence-corrected chi connectivity index (χ1v) is 6.90. The van der Waals surface area contributed by atoms with E-state index in [1.165, 1.54) is 0 Å². The van der Waals surface area contributed by atoms with E-state index in [-0.39, 0.29) is 11.8 Å². The molecule has 0 aliphatic carbocycles. The van der Waals surface area contributed by atoms with Crippen LogP contribution in [0.15, 0.2) is 0 Å². The third kappa shape index (κ3) is 4.47. The lowest BCUT2D eigenvalue weighted by Gasteiger charge is -2.06. The lowest BCUT2D eigenvalue weighted by molar-refractivity contribution is -0.147. The lowest BCUT2D eigenvalue weighted by atomic mass is 10.3. The van der Waals surface area contributed by atoms with Gasteiger partial charge in [0.25, 0.3) is 0 Å². The maximum absolute atomic E-state index is 12.3. The van der Waals surface area contributed by atoms with Crippen molar-refractivity contribution in [1.29, 1.82) is 0 Å². The number of fused-ring (bicyclic) bond motifs is 1. The average molecular weight is 359 g/mol. The monoisotopic (exact) mass is 359 g/mol. The number of halogens is 6. The fourth-order valence-electron chi connectivity index (χ4n) is 1.37. The maximum atomic E-state index is 12.3. The van der Waals surface area contributed by atoms with Crippen molar-refractivity contribution in [3.8, 4) is 0 Å². The SMILES string of the molecule is FC(F)(F)c1nnc2n1CC(S)C2.O=S(=O)(O)C(F)(F)F. The highest BCUT2D eigenvalue weighted by molar-refractivity contribution is 7.86. The second-order valence-electron chi connectivity index (χ2n) is 3.83. The molecule has 2 heterocycles. The predicted molar refractivity (Wildman–Crippen MR) is 59.1 cm³/mol. The summed E-state index contributed by atoms with van der Waals surface area (Å²) in [5.41, 5.74) is -5.53. The third-order valence-corrected chi connectivity index (χ3v) is 3.12. The number of hydrogen-bond acceptors (Lipinski definition) is 5. The number of nitrogens with zero attached hydrogens (tertiary/aromatic N) is 3. The zero-order valence-corrected chi connectivity index (χ0v) is 11.4. The van der Waals surface area contributed by atoms with Crippen molar-refractivity contribution in [3.05, 3.63) is 11.6 Å². The van der Waals surface area contributed by atoms with Gasteiger partial charge in [0.05, 0.1) is 0 Å². The molecular formula is C7H7F6N3O3S2. The molecule has 0 fully saturated rings. The first kappa shape index (κ1) is 18.0. The van der Waals surface area contributed by atoms with Crippen LogP contribution in [0.5, 0.6) is 0 Å². The van der Waals surface area contributed by atoms with Gasteiger partial charge in [0.2, 0.25) is 5.82 Å². The van der Waals surface area contributed by atoms with E-state index in [4.69, 9.17) is 13.0 Å². The quantitative estimate of drug-likeness (QED) is 0.318. The fraction of sp³-hybridized carbons (Fsp3) is 0.714. The molecule has 0 amide bonds. The van der Waals surface area contributed by atoms with Crippen molar-refractivity contribution in [2.45, 2.75) is 29.9 Å². The molecule has 1 aromatic rings. The molecule has 1 atom stereocenters. The topological polar surface area (TPSA) is 85.1 Å². The van der Waals surface area contributed by atoms with E-state index in [0.717, 1.165) is 4.57 Å². The van der Waals surface area contributed by atoms with E-state index in [1.54, 1.807) is 0 Å². The summed E-state index contributed by atoms with van der Waals surface area (Å²) in [7, 11) is -5.84. The van der Waals surface area contributed by atoms with Gasteiger partial charge in [-0.1, -0.05) is 0 Å². The Morgan fingerprint density at radius 3 is 2.05 bits per heavy atom. The van der Waals surface area contributed by atoms with Gasteiger partial charge in [-0.25, -0.2) is 0 Å². The second-order valence-corrected chi connectivity index (χ2v) is 5.97. The number of aromatic nitrogens is 3. The Morgan fingerprint density at radius 2 is 1.67 bits per heavy atom. The molecule has 14 heteroatoms. The van der Waals surface area contributed by atoms with Crippen LogP contribution in [-0.4, -0.2) is 38.5 Å².